The molecule has 0 aromatic rings. The standard InChI is InChI=1S/C13H27N3O/c1-4-5-13(2,3)12(17)16-10-8-15(7-6-14)9-11-16/h4-11,14H2,1-3H3. The molecule has 0 atom stereocenters. The van der Waals surface area contributed by atoms with Crippen LogP contribution < -0.4 is 5.73 Å². The number of carbonyl (C=O) groups excluding carboxylic acids is 1. The van der Waals surface area contributed by atoms with E-state index in [4.69, 9.17) is 5.73 Å². The van der Waals surface area contributed by atoms with E-state index in [1.165, 1.54) is 0 Å². The van der Waals surface area contributed by atoms with E-state index in [1.54, 1.807) is 0 Å². The average Bonchev–Trinajstić information content (AvgIpc) is 2.29. The number of rotatable bonds is 5. The molecule has 1 heterocycles. The van der Waals surface area contributed by atoms with Gasteiger partial charge in [0.1, 0.15) is 0 Å². The lowest BCUT2D eigenvalue weighted by Crippen LogP contribution is -2.52. The zero-order valence-corrected chi connectivity index (χ0v) is 11.5. The molecule has 0 saturated carbocycles. The molecule has 1 aliphatic heterocycles. The molecule has 4 heteroatoms. The van der Waals surface area contributed by atoms with E-state index in [9.17, 15) is 4.79 Å². The van der Waals surface area contributed by atoms with Gasteiger partial charge in [-0.1, -0.05) is 27.2 Å². The second kappa shape index (κ2) is 6.36. The van der Waals surface area contributed by atoms with Crippen molar-refractivity contribution >= 4 is 5.91 Å². The summed E-state index contributed by atoms with van der Waals surface area (Å²) < 4.78 is 0. The zero-order chi connectivity index (χ0) is 12.9. The number of amides is 1. The Bertz CT molecular complexity index is 245. The molecule has 0 spiro atoms. The summed E-state index contributed by atoms with van der Waals surface area (Å²) in [5.41, 5.74) is 5.34. The molecule has 1 fully saturated rings. The van der Waals surface area contributed by atoms with Crippen LogP contribution in [0.2, 0.25) is 0 Å². The molecule has 0 aliphatic carbocycles. The highest BCUT2D eigenvalue weighted by Crippen LogP contribution is 2.25. The number of hydrogen-bond donors (Lipinski definition) is 1. The van der Waals surface area contributed by atoms with E-state index in [1.807, 2.05) is 4.90 Å². The summed E-state index contributed by atoms with van der Waals surface area (Å²) >= 11 is 0. The first-order valence-electron chi connectivity index (χ1n) is 6.73. The molecule has 0 radical (unpaired) electrons. The van der Waals surface area contributed by atoms with Gasteiger partial charge in [-0.25, -0.2) is 0 Å². The van der Waals surface area contributed by atoms with Crippen molar-refractivity contribution in [3.05, 3.63) is 0 Å². The number of nitrogens with zero attached hydrogens (tertiary/aromatic N) is 2. The third-order valence-electron chi connectivity index (χ3n) is 3.56. The van der Waals surface area contributed by atoms with Gasteiger partial charge in [0.25, 0.3) is 0 Å². The van der Waals surface area contributed by atoms with Crippen LogP contribution in [0.15, 0.2) is 0 Å². The SMILES string of the molecule is CCCC(C)(C)C(=O)N1CCN(CCN)CC1. The van der Waals surface area contributed by atoms with Gasteiger partial charge in [0.05, 0.1) is 0 Å². The lowest BCUT2D eigenvalue weighted by atomic mass is 9.86. The van der Waals surface area contributed by atoms with Crippen LogP contribution >= 0.6 is 0 Å². The van der Waals surface area contributed by atoms with Gasteiger partial charge in [-0.05, 0) is 6.42 Å². The first-order valence-corrected chi connectivity index (χ1v) is 6.73. The molecule has 0 aromatic carbocycles. The summed E-state index contributed by atoms with van der Waals surface area (Å²) in [5, 5.41) is 0. The van der Waals surface area contributed by atoms with Gasteiger partial charge in [-0.2, -0.15) is 0 Å². The normalized spacial score (nSPS) is 18.5. The van der Waals surface area contributed by atoms with Gasteiger partial charge in [0.2, 0.25) is 5.91 Å². The van der Waals surface area contributed by atoms with Crippen LogP contribution in [0.4, 0.5) is 0 Å². The van der Waals surface area contributed by atoms with E-state index in [2.05, 4.69) is 25.7 Å². The highest BCUT2D eigenvalue weighted by molar-refractivity contribution is 5.82. The van der Waals surface area contributed by atoms with Crippen molar-refractivity contribution in [2.75, 3.05) is 39.3 Å². The fourth-order valence-electron chi connectivity index (χ4n) is 2.52. The van der Waals surface area contributed by atoms with Crippen LogP contribution in [0.3, 0.4) is 0 Å². The van der Waals surface area contributed by atoms with Gasteiger partial charge in [0.15, 0.2) is 0 Å². The summed E-state index contributed by atoms with van der Waals surface area (Å²) in [6.45, 7) is 11.5. The smallest absolute Gasteiger partial charge is 0.228 e. The molecule has 2 N–H and O–H groups in total. The molecule has 1 amide bonds. The van der Waals surface area contributed by atoms with Gasteiger partial charge in [-0.15, -0.1) is 0 Å². The molecule has 1 rings (SSSR count). The van der Waals surface area contributed by atoms with E-state index >= 15 is 0 Å². The molecule has 1 saturated heterocycles. The third kappa shape index (κ3) is 3.96. The van der Waals surface area contributed by atoms with Crippen molar-refractivity contribution in [1.29, 1.82) is 0 Å². The lowest BCUT2D eigenvalue weighted by Gasteiger charge is -2.38. The maximum atomic E-state index is 12.4. The molecule has 0 bridgehead atoms. The van der Waals surface area contributed by atoms with Crippen molar-refractivity contribution in [3.63, 3.8) is 0 Å². The van der Waals surface area contributed by atoms with Crippen LogP contribution in [0, 0.1) is 5.41 Å². The largest absolute Gasteiger partial charge is 0.340 e. The summed E-state index contributed by atoms with van der Waals surface area (Å²) in [6.07, 6.45) is 2.03. The second-order valence-corrected chi connectivity index (χ2v) is 5.56. The first-order chi connectivity index (χ1) is 8.01. The minimum Gasteiger partial charge on any atom is -0.340 e. The van der Waals surface area contributed by atoms with Crippen molar-refractivity contribution in [3.8, 4) is 0 Å². The fraction of sp³-hybridized carbons (Fsp3) is 0.923. The van der Waals surface area contributed by atoms with Crippen molar-refractivity contribution in [2.24, 2.45) is 11.1 Å². The Morgan fingerprint density at radius 1 is 1.24 bits per heavy atom. The van der Waals surface area contributed by atoms with E-state index < -0.39 is 0 Å². The zero-order valence-electron chi connectivity index (χ0n) is 11.5. The quantitative estimate of drug-likeness (QED) is 0.778. The molecule has 4 nitrogen and oxygen atoms in total. The summed E-state index contributed by atoms with van der Waals surface area (Å²) in [5.74, 6) is 0.312. The molecule has 17 heavy (non-hydrogen) atoms. The maximum Gasteiger partial charge on any atom is 0.228 e. The predicted molar refractivity (Wildman–Crippen MR) is 70.8 cm³/mol. The van der Waals surface area contributed by atoms with Gasteiger partial charge in [-0.3, -0.25) is 9.69 Å². The summed E-state index contributed by atoms with van der Waals surface area (Å²) in [4.78, 5) is 16.7. The Hall–Kier alpha value is -0.610. The fourth-order valence-corrected chi connectivity index (χ4v) is 2.52. The number of piperazine rings is 1. The van der Waals surface area contributed by atoms with E-state index in [0.29, 0.717) is 12.5 Å². The van der Waals surface area contributed by atoms with Crippen LogP contribution in [0.25, 0.3) is 0 Å². The third-order valence-corrected chi connectivity index (χ3v) is 3.56. The molecule has 1 aliphatic rings. The Morgan fingerprint density at radius 2 is 1.82 bits per heavy atom. The number of hydrogen-bond acceptors (Lipinski definition) is 3. The van der Waals surface area contributed by atoms with Gasteiger partial charge < -0.3 is 10.6 Å². The Balaban J connectivity index is 2.45. The predicted octanol–water partition coefficient (Wildman–Crippen LogP) is 0.916. The molecule has 100 valence electrons. The summed E-state index contributed by atoms with van der Waals surface area (Å²) in [6, 6.07) is 0. The Kier molecular flexibility index (Phi) is 5.40. The Morgan fingerprint density at radius 3 is 2.29 bits per heavy atom. The van der Waals surface area contributed by atoms with Crippen LogP contribution in [0.5, 0.6) is 0 Å². The highest BCUT2D eigenvalue weighted by Gasteiger charge is 2.32. The van der Waals surface area contributed by atoms with Crippen LogP contribution in [-0.4, -0.2) is 55.0 Å². The monoisotopic (exact) mass is 241 g/mol. The molecule has 0 unspecified atom stereocenters. The van der Waals surface area contributed by atoms with Gasteiger partial charge >= 0.3 is 0 Å². The number of carbonyl (C=O) groups is 1. The Labute approximate surface area is 105 Å². The minimum atomic E-state index is -0.204. The summed E-state index contributed by atoms with van der Waals surface area (Å²) in [7, 11) is 0. The molecular weight excluding hydrogens is 214 g/mol. The minimum absolute atomic E-state index is 0.204. The van der Waals surface area contributed by atoms with Gasteiger partial charge in [0, 0.05) is 44.7 Å². The van der Waals surface area contributed by atoms with Crippen LogP contribution in [0.1, 0.15) is 33.6 Å². The maximum absolute atomic E-state index is 12.4. The second-order valence-electron chi connectivity index (χ2n) is 5.56. The molecular formula is C13H27N3O. The topological polar surface area (TPSA) is 49.6 Å². The van der Waals surface area contributed by atoms with Crippen molar-refractivity contribution < 1.29 is 4.79 Å². The number of nitrogens with two attached hydrogens (primary N) is 1. The van der Waals surface area contributed by atoms with Crippen molar-refractivity contribution in [2.45, 2.75) is 33.6 Å². The average molecular weight is 241 g/mol. The lowest BCUT2D eigenvalue weighted by molar-refractivity contribution is -0.142. The van der Waals surface area contributed by atoms with E-state index in [0.717, 1.165) is 45.6 Å². The van der Waals surface area contributed by atoms with Crippen LogP contribution in [-0.2, 0) is 4.79 Å². The van der Waals surface area contributed by atoms with Crippen molar-refractivity contribution in [1.82, 2.24) is 9.80 Å². The highest BCUT2D eigenvalue weighted by atomic mass is 16.2. The van der Waals surface area contributed by atoms with E-state index in [-0.39, 0.29) is 5.41 Å². The first kappa shape index (κ1) is 14.5. The molecule has 0 aromatic heterocycles.